The van der Waals surface area contributed by atoms with E-state index in [0.29, 0.717) is 24.8 Å². The second-order valence-corrected chi connectivity index (χ2v) is 22.6. The van der Waals surface area contributed by atoms with Crippen LogP contribution in [0.5, 0.6) is 0 Å². The maximum atomic E-state index is 13.9. The van der Waals surface area contributed by atoms with Gasteiger partial charge in [0, 0.05) is 30.8 Å². The Balaban J connectivity index is 0.835. The van der Waals surface area contributed by atoms with Crippen LogP contribution in [0, 0.1) is 5.92 Å². The predicted molar refractivity (Wildman–Crippen MR) is 281 cm³/mol. The van der Waals surface area contributed by atoms with Crippen LogP contribution in [0.25, 0.3) is 22.3 Å². The monoisotopic (exact) mass is 1200 g/mol. The van der Waals surface area contributed by atoms with Crippen LogP contribution < -0.4 is 43.9 Å². The highest BCUT2D eigenvalue weighted by Gasteiger charge is 2.55. The molecule has 0 bridgehead atoms. The number of amides is 6. The summed E-state index contributed by atoms with van der Waals surface area (Å²) in [6.45, 7) is 2.72. The van der Waals surface area contributed by atoms with Crippen LogP contribution in [0.15, 0.2) is 58.7 Å². The summed E-state index contributed by atoms with van der Waals surface area (Å²) in [5.41, 5.74) is 9.82. The second-order valence-electron chi connectivity index (χ2n) is 19.8. The molecule has 0 spiro atoms. The molecule has 3 saturated heterocycles. The van der Waals surface area contributed by atoms with Crippen molar-refractivity contribution in [2.24, 2.45) is 5.92 Å². The third kappa shape index (κ3) is 13.7. The number of carbonyl (C=O) groups is 6. The van der Waals surface area contributed by atoms with E-state index in [-0.39, 0.29) is 70.6 Å². The number of nitrogens with one attached hydrogen (secondary N) is 6. The van der Waals surface area contributed by atoms with E-state index in [4.69, 9.17) is 43.8 Å². The number of unbranched alkanes of at least 4 members (excludes halogenated alkanes) is 2. The molecule has 3 fully saturated rings. The molecular weight excluding hydrogens is 1140 g/mol. The van der Waals surface area contributed by atoms with Gasteiger partial charge in [0.05, 0.1) is 25.9 Å². The number of nitrogen functional groups attached to an aromatic ring is 2. The number of aromatic amines is 2. The van der Waals surface area contributed by atoms with E-state index in [2.05, 4.69) is 51.2 Å². The number of benzene rings is 1. The minimum absolute atomic E-state index is 0.0889. The first-order valence-corrected chi connectivity index (χ1v) is 28.6. The first-order valence-electron chi connectivity index (χ1n) is 25.6. The van der Waals surface area contributed by atoms with Gasteiger partial charge in [0.25, 0.3) is 22.9 Å². The lowest BCUT2D eigenvalue weighted by Gasteiger charge is -2.29. The van der Waals surface area contributed by atoms with Gasteiger partial charge in [-0.3, -0.25) is 75.7 Å². The summed E-state index contributed by atoms with van der Waals surface area (Å²) in [6.07, 6.45) is -7.19. The van der Waals surface area contributed by atoms with E-state index in [1.807, 2.05) is 0 Å². The fourth-order valence-corrected chi connectivity index (χ4v) is 11.3. The number of carbonyl (C=O) groups excluding carboxylic acids is 6. The van der Waals surface area contributed by atoms with Crippen molar-refractivity contribution in [3.63, 3.8) is 0 Å². The van der Waals surface area contributed by atoms with Crippen LogP contribution in [0.3, 0.4) is 0 Å². The molecule has 9 rings (SSSR count). The van der Waals surface area contributed by atoms with Crippen molar-refractivity contribution >= 4 is 91.2 Å². The molecular formula is C46H57N15O20P2. The van der Waals surface area contributed by atoms with Crippen molar-refractivity contribution < 1.29 is 85.1 Å². The number of phosphoric ester groups is 2. The average molecular weight is 1200 g/mol. The number of imidazole rings is 2. The number of hydrogen-bond donors (Lipinski definition) is 11. The van der Waals surface area contributed by atoms with Gasteiger partial charge in [0.2, 0.25) is 29.6 Å². The number of H-pyrrole nitrogens is 2. The Morgan fingerprint density at radius 2 is 1.33 bits per heavy atom. The molecule has 8 heterocycles. The Morgan fingerprint density at radius 1 is 0.771 bits per heavy atom. The largest absolute Gasteiger partial charge is 0.472 e. The lowest BCUT2D eigenvalue weighted by atomic mass is 10.0. The van der Waals surface area contributed by atoms with Gasteiger partial charge in [0.15, 0.2) is 34.8 Å². The van der Waals surface area contributed by atoms with E-state index >= 15 is 0 Å². The number of nitrogens with two attached hydrogens (primary N) is 2. The number of alkyl carbamates (subject to hydrolysis) is 1. The first kappa shape index (κ1) is 59.8. The van der Waals surface area contributed by atoms with E-state index in [1.165, 1.54) is 43.3 Å². The molecule has 83 heavy (non-hydrogen) atoms. The molecule has 446 valence electrons. The van der Waals surface area contributed by atoms with Gasteiger partial charge in [0.1, 0.15) is 55.3 Å². The lowest BCUT2D eigenvalue weighted by molar-refractivity contribution is -0.137. The molecule has 6 unspecified atom stereocenters. The summed E-state index contributed by atoms with van der Waals surface area (Å²) >= 11 is 0. The zero-order chi connectivity index (χ0) is 59.7. The van der Waals surface area contributed by atoms with Crippen molar-refractivity contribution in [2.75, 3.05) is 36.5 Å². The lowest BCUT2D eigenvalue weighted by Crippen LogP contribution is -2.53. The van der Waals surface area contributed by atoms with Crippen molar-refractivity contribution in [2.45, 2.75) is 114 Å². The van der Waals surface area contributed by atoms with E-state index in [9.17, 15) is 62.4 Å². The van der Waals surface area contributed by atoms with Gasteiger partial charge in [-0.2, -0.15) is 9.97 Å². The summed E-state index contributed by atoms with van der Waals surface area (Å²) in [5.74, 6) is -3.41. The quantitative estimate of drug-likeness (QED) is 0.0301. The highest BCUT2D eigenvalue weighted by molar-refractivity contribution is 7.47. The molecule has 0 radical (unpaired) electrons. The van der Waals surface area contributed by atoms with Crippen molar-refractivity contribution in [3.05, 3.63) is 75.3 Å². The number of ether oxygens (including phenoxy) is 3. The summed E-state index contributed by atoms with van der Waals surface area (Å²) in [7, 11) is -10.7. The highest BCUT2D eigenvalue weighted by atomic mass is 31.2. The zero-order valence-corrected chi connectivity index (χ0v) is 45.9. The molecule has 13 N–H and O–H groups in total. The fraction of sp³-hybridized carbons (Fsp3) is 0.478. The Kier molecular flexibility index (Phi) is 17.7. The van der Waals surface area contributed by atoms with Crippen molar-refractivity contribution in [1.82, 2.24) is 59.9 Å². The maximum absolute atomic E-state index is 13.9. The fourth-order valence-electron chi connectivity index (χ4n) is 9.36. The van der Waals surface area contributed by atoms with Gasteiger partial charge in [-0.25, -0.2) is 23.9 Å². The number of anilines is 3. The van der Waals surface area contributed by atoms with Crippen LogP contribution in [0.1, 0.15) is 64.5 Å². The smallest absolute Gasteiger partial charge is 0.445 e. The number of aliphatic hydroxyl groups is 1. The number of phosphoric acid groups is 2. The molecule has 4 aliphatic heterocycles. The number of rotatable bonds is 17. The summed E-state index contributed by atoms with van der Waals surface area (Å²) in [6, 6.07) is 2.24. The van der Waals surface area contributed by atoms with Crippen LogP contribution in [-0.2, 0) is 72.0 Å². The third-order valence-electron chi connectivity index (χ3n) is 13.5. The van der Waals surface area contributed by atoms with Crippen LogP contribution in [0.4, 0.5) is 22.4 Å². The molecule has 12 atom stereocenters. The first-order chi connectivity index (χ1) is 39.3. The number of aromatic nitrogens is 8. The molecule has 1 aromatic carbocycles. The average Bonchev–Trinajstić information content (AvgIpc) is 3.74. The van der Waals surface area contributed by atoms with Gasteiger partial charge < -0.3 is 61.8 Å². The molecule has 0 saturated carbocycles. The van der Waals surface area contributed by atoms with Crippen molar-refractivity contribution in [3.8, 4) is 0 Å². The topological polar surface area (TPSA) is 492 Å². The number of imide groups is 1. The molecule has 35 nitrogen and oxygen atoms in total. The van der Waals surface area contributed by atoms with Gasteiger partial charge in [-0.05, 0) is 43.4 Å². The normalized spacial score (nSPS) is 27.1. The van der Waals surface area contributed by atoms with E-state index < -0.39 is 132 Å². The Labute approximate surface area is 467 Å². The summed E-state index contributed by atoms with van der Waals surface area (Å²) < 4.78 is 69.0. The molecule has 4 aromatic heterocycles. The minimum Gasteiger partial charge on any atom is -0.445 e. The predicted octanol–water partition coefficient (Wildman–Crippen LogP) is -1.04. The Bertz CT molecular complexity index is 3560. The molecule has 0 aliphatic carbocycles. The summed E-state index contributed by atoms with van der Waals surface area (Å²) in [5, 5.41) is 21.9. The van der Waals surface area contributed by atoms with E-state index in [0.717, 1.165) is 26.7 Å². The molecule has 37 heteroatoms. The zero-order valence-electron chi connectivity index (χ0n) is 44.1. The van der Waals surface area contributed by atoms with Gasteiger partial charge >= 0.3 is 21.7 Å². The van der Waals surface area contributed by atoms with Gasteiger partial charge in [-0.15, -0.1) is 0 Å². The number of nitrogens with zero attached hydrogens (tertiary/aromatic N) is 7. The number of aliphatic hydroxyl groups excluding tert-OH is 1. The van der Waals surface area contributed by atoms with Crippen LogP contribution in [-0.4, -0.2) is 163 Å². The second kappa shape index (κ2) is 24.6. The number of fused-ring (bicyclic) bond motifs is 4. The van der Waals surface area contributed by atoms with E-state index in [1.54, 1.807) is 13.8 Å². The summed E-state index contributed by atoms with van der Waals surface area (Å²) in [4.78, 5) is 146. The Morgan fingerprint density at radius 3 is 1.92 bits per heavy atom. The number of hydrogen-bond acceptors (Lipinski definition) is 24. The standard InChI is InChI=1S/C46H57N15O20P2/c1-20(2)29(53-26(62)7-5-4-6-14-59-27(63)12-13-28(59)64)39(67)51-21(3)38(66)52-23-10-8-22(9-11-23)15-75-46(70)54-30-34-24(78-42(30)60-18-49-31-36(60)55-44(47)57-40(31)68)16-76-83(73,74)81-35-25(17-77-82(71,72)80-34)79-43(33(35)65)61-19-50-32-37(61)56-45(48)58-41(32)69/h8-13,18-21,24-25,29-30,33-35,42-43,65H,4-7,14-17H2,1-3H3,(H,51,67)(H,52,66)(H,53,62)(H,54,70)(H,71,72)(H,73,74)(H3,47,55,57,68)(H3,48,56,58,69)/t21-,24+,25+,29-,30?,33?,34?,35?,42+,43+/m0/s1. The minimum atomic E-state index is -5.37. The molecule has 4 aliphatic rings. The maximum Gasteiger partial charge on any atom is 0.472 e. The molecule has 6 amide bonds. The van der Waals surface area contributed by atoms with Crippen LogP contribution >= 0.6 is 15.6 Å². The van der Waals surface area contributed by atoms with Crippen LogP contribution in [0.2, 0.25) is 0 Å². The molecule has 5 aromatic rings. The SMILES string of the molecule is CC(C)[C@H](NC(=O)CCCCCN1C(=O)C=CC1=O)C(=O)N[C@@H](C)C(=O)Nc1ccc(COC(=O)NC2C3OP(=O)(O)OC[C@H]4O[C@@H](n5cnc6c(=O)[nH]c(N)nc65)C(O)C4OP(=O)(O)OC[C@H]3O[C@H]2n2cnc3c(=O)[nH]c(N)nc32)cc1. The van der Waals surface area contributed by atoms with Gasteiger partial charge in [-0.1, -0.05) is 32.4 Å². The highest BCUT2D eigenvalue weighted by Crippen LogP contribution is 2.54. The van der Waals surface area contributed by atoms with Crippen molar-refractivity contribution in [1.29, 1.82) is 0 Å². The Hall–Kier alpha value is -7.82. The third-order valence-corrected chi connectivity index (χ3v) is 15.5.